The number of imidazole rings is 1. The molecule has 222 valence electrons. The van der Waals surface area contributed by atoms with Gasteiger partial charge >= 0.3 is 0 Å². The number of anilines is 1. The van der Waals surface area contributed by atoms with Crippen molar-refractivity contribution >= 4 is 22.9 Å². The predicted molar refractivity (Wildman–Crippen MR) is 163 cm³/mol. The Morgan fingerprint density at radius 2 is 1.80 bits per heavy atom. The van der Waals surface area contributed by atoms with Gasteiger partial charge in [-0.3, -0.25) is 15.0 Å². The van der Waals surface area contributed by atoms with Crippen LogP contribution < -0.4 is 10.6 Å². The molecule has 1 aliphatic carbocycles. The number of carbonyl (C=O) groups excluding carboxylic acids is 1. The molecule has 2 aromatic carbocycles. The third-order valence-electron chi connectivity index (χ3n) is 9.06. The molecular formula is C33H46FN5O2. The summed E-state index contributed by atoms with van der Waals surface area (Å²) in [7, 11) is 0. The fourth-order valence-electron chi connectivity index (χ4n) is 6.56. The van der Waals surface area contributed by atoms with Crippen LogP contribution in [0.15, 0.2) is 42.5 Å². The van der Waals surface area contributed by atoms with Crippen molar-refractivity contribution in [2.24, 2.45) is 11.8 Å². The lowest BCUT2D eigenvalue weighted by Crippen LogP contribution is -2.41. The number of aromatic nitrogens is 2. The van der Waals surface area contributed by atoms with E-state index in [1.807, 2.05) is 13.8 Å². The molecular weight excluding hydrogens is 517 g/mol. The summed E-state index contributed by atoms with van der Waals surface area (Å²) in [5, 5.41) is 17.0. The van der Waals surface area contributed by atoms with Crippen LogP contribution in [0.2, 0.25) is 0 Å². The van der Waals surface area contributed by atoms with Gasteiger partial charge in [-0.25, -0.2) is 9.37 Å². The topological polar surface area (TPSA) is 82.4 Å². The highest BCUT2D eigenvalue weighted by Gasteiger charge is 2.31. The zero-order chi connectivity index (χ0) is 29.1. The average molecular weight is 564 g/mol. The fourth-order valence-corrected chi connectivity index (χ4v) is 6.56. The van der Waals surface area contributed by atoms with Crippen molar-refractivity contribution in [3.05, 3.63) is 59.4 Å². The van der Waals surface area contributed by atoms with E-state index >= 15 is 0 Å². The zero-order valence-electron chi connectivity index (χ0n) is 25.0. The van der Waals surface area contributed by atoms with Crippen LogP contribution in [0.1, 0.15) is 88.2 Å². The normalized spacial score (nSPS) is 21.0. The van der Waals surface area contributed by atoms with Crippen LogP contribution in [0, 0.1) is 17.7 Å². The molecule has 41 heavy (non-hydrogen) atoms. The monoisotopic (exact) mass is 563 g/mol. The number of nitrogens with one attached hydrogen (secondary N) is 2. The van der Waals surface area contributed by atoms with Gasteiger partial charge in [0.1, 0.15) is 5.82 Å². The molecule has 0 spiro atoms. The van der Waals surface area contributed by atoms with Crippen molar-refractivity contribution in [3.63, 3.8) is 0 Å². The van der Waals surface area contributed by atoms with E-state index in [-0.39, 0.29) is 17.5 Å². The highest BCUT2D eigenvalue weighted by molar-refractivity contribution is 6.04. The Morgan fingerprint density at radius 3 is 2.46 bits per heavy atom. The van der Waals surface area contributed by atoms with Gasteiger partial charge in [-0.05, 0) is 120 Å². The van der Waals surface area contributed by atoms with Gasteiger partial charge in [-0.2, -0.15) is 0 Å². The maximum atomic E-state index is 13.8. The van der Waals surface area contributed by atoms with Crippen LogP contribution in [0.3, 0.4) is 0 Å². The number of rotatable bonds is 9. The number of hydrogen-bond acceptors (Lipinski definition) is 5. The Morgan fingerprint density at radius 1 is 1.07 bits per heavy atom. The van der Waals surface area contributed by atoms with Gasteiger partial charge in [0.2, 0.25) is 5.95 Å². The number of fused-ring (bicyclic) bond motifs is 1. The van der Waals surface area contributed by atoms with E-state index in [9.17, 15) is 14.3 Å². The Balaban J connectivity index is 1.38. The second kappa shape index (κ2) is 12.6. The number of likely N-dealkylation sites (tertiary alicyclic amines) is 1. The Kier molecular flexibility index (Phi) is 9.12. The molecule has 1 aliphatic heterocycles. The fraction of sp³-hybridized carbons (Fsp3) is 0.576. The van der Waals surface area contributed by atoms with E-state index in [0.717, 1.165) is 75.7 Å². The number of carbonyl (C=O) groups is 1. The van der Waals surface area contributed by atoms with Gasteiger partial charge < -0.3 is 15.0 Å². The van der Waals surface area contributed by atoms with Gasteiger partial charge in [-0.1, -0.05) is 26.0 Å². The molecule has 3 aromatic rings. The first-order valence-corrected chi connectivity index (χ1v) is 15.3. The minimum absolute atomic E-state index is 0.232. The molecule has 1 saturated heterocycles. The van der Waals surface area contributed by atoms with E-state index in [0.29, 0.717) is 23.8 Å². The van der Waals surface area contributed by atoms with Crippen molar-refractivity contribution in [1.29, 1.82) is 0 Å². The smallest absolute Gasteiger partial charge is 0.258 e. The van der Waals surface area contributed by atoms with Crippen LogP contribution in [-0.2, 0) is 6.54 Å². The first-order chi connectivity index (χ1) is 19.6. The molecule has 2 aliphatic rings. The third-order valence-corrected chi connectivity index (χ3v) is 9.06. The largest absolute Gasteiger partial charge is 0.390 e. The van der Waals surface area contributed by atoms with E-state index in [1.165, 1.54) is 17.7 Å². The number of benzene rings is 2. The number of amides is 1. The average Bonchev–Trinajstić information content (AvgIpc) is 3.29. The van der Waals surface area contributed by atoms with Crippen LogP contribution >= 0.6 is 0 Å². The van der Waals surface area contributed by atoms with Crippen LogP contribution in [0.25, 0.3) is 11.0 Å². The summed E-state index contributed by atoms with van der Waals surface area (Å²) in [5.74, 6) is 0.719. The summed E-state index contributed by atoms with van der Waals surface area (Å²) in [6, 6.07) is 12.9. The minimum Gasteiger partial charge on any atom is -0.390 e. The molecule has 0 bridgehead atoms. The molecule has 8 heteroatoms. The standard InChI is InChI=1S/C33H46FN5O2/c1-22(2)35-20-23-8-11-28(12-9-23)39-30-18-24(21-38-16-14-26(15-17-38)33(3,4)41)10-13-29(30)36-32(39)37-31(40)25-6-5-7-27(34)19-25/h5-7,10,13,18-19,22-23,26,28,35,41H,8-9,11-12,14-17,20-21H2,1-4H3,(H,36,37,40). The molecule has 0 atom stereocenters. The highest BCUT2D eigenvalue weighted by atomic mass is 19.1. The van der Waals surface area contributed by atoms with Gasteiger partial charge in [0.15, 0.2) is 0 Å². The quantitative estimate of drug-likeness (QED) is 0.291. The highest BCUT2D eigenvalue weighted by Crippen LogP contribution is 2.37. The summed E-state index contributed by atoms with van der Waals surface area (Å²) in [5.41, 5.74) is 2.76. The Hall–Kier alpha value is -2.81. The Bertz CT molecular complexity index is 1330. The van der Waals surface area contributed by atoms with E-state index < -0.39 is 11.4 Å². The second-order valence-corrected chi connectivity index (χ2v) is 13.0. The first kappa shape index (κ1) is 29.7. The van der Waals surface area contributed by atoms with Crippen molar-refractivity contribution in [2.75, 3.05) is 25.0 Å². The number of piperidine rings is 1. The second-order valence-electron chi connectivity index (χ2n) is 13.0. The number of halogens is 1. The molecule has 1 aromatic heterocycles. The number of nitrogens with zero attached hydrogens (tertiary/aromatic N) is 3. The summed E-state index contributed by atoms with van der Waals surface area (Å²) in [4.78, 5) is 20.5. The van der Waals surface area contributed by atoms with Gasteiger partial charge in [0.05, 0.1) is 16.6 Å². The van der Waals surface area contributed by atoms with Crippen molar-refractivity contribution < 1.29 is 14.3 Å². The van der Waals surface area contributed by atoms with Crippen molar-refractivity contribution in [3.8, 4) is 0 Å². The summed E-state index contributed by atoms with van der Waals surface area (Å²) in [6.07, 6.45) is 6.28. The first-order valence-electron chi connectivity index (χ1n) is 15.3. The molecule has 1 amide bonds. The van der Waals surface area contributed by atoms with Crippen LogP contribution in [0.5, 0.6) is 0 Å². The summed E-state index contributed by atoms with van der Waals surface area (Å²) in [6.45, 7) is 12.0. The summed E-state index contributed by atoms with van der Waals surface area (Å²) >= 11 is 0. The maximum Gasteiger partial charge on any atom is 0.258 e. The lowest BCUT2D eigenvalue weighted by molar-refractivity contribution is -0.0136. The molecule has 0 radical (unpaired) electrons. The lowest BCUT2D eigenvalue weighted by atomic mass is 9.83. The molecule has 1 saturated carbocycles. The molecule has 5 rings (SSSR count). The van der Waals surface area contributed by atoms with E-state index in [2.05, 4.69) is 52.1 Å². The molecule has 0 unspecified atom stereocenters. The van der Waals surface area contributed by atoms with Crippen molar-refractivity contribution in [2.45, 2.75) is 90.4 Å². The molecule has 3 N–H and O–H groups in total. The van der Waals surface area contributed by atoms with Crippen LogP contribution in [-0.4, -0.2) is 56.7 Å². The zero-order valence-corrected chi connectivity index (χ0v) is 25.0. The molecule has 2 heterocycles. The minimum atomic E-state index is -0.631. The maximum absolute atomic E-state index is 13.8. The number of hydrogen-bond donors (Lipinski definition) is 3. The number of aliphatic hydroxyl groups is 1. The molecule has 7 nitrogen and oxygen atoms in total. The van der Waals surface area contributed by atoms with E-state index in [4.69, 9.17) is 4.98 Å². The third kappa shape index (κ3) is 7.34. The van der Waals surface area contributed by atoms with Gasteiger partial charge in [-0.15, -0.1) is 0 Å². The lowest BCUT2D eigenvalue weighted by Gasteiger charge is -2.37. The summed E-state index contributed by atoms with van der Waals surface area (Å²) < 4.78 is 16.1. The van der Waals surface area contributed by atoms with Crippen molar-refractivity contribution in [1.82, 2.24) is 19.8 Å². The molecule has 2 fully saturated rings. The van der Waals surface area contributed by atoms with Gasteiger partial charge in [0.25, 0.3) is 5.91 Å². The van der Waals surface area contributed by atoms with Crippen LogP contribution in [0.4, 0.5) is 10.3 Å². The van der Waals surface area contributed by atoms with E-state index in [1.54, 1.807) is 12.1 Å². The predicted octanol–water partition coefficient (Wildman–Crippen LogP) is 6.14. The SMILES string of the molecule is CC(C)NCC1CCC(n2c(NC(=O)c3cccc(F)c3)nc3ccc(CN4CCC(C(C)(C)O)CC4)cc32)CC1. The Labute approximate surface area is 243 Å². The van der Waals surface area contributed by atoms with Gasteiger partial charge in [0, 0.05) is 24.2 Å².